The van der Waals surface area contributed by atoms with Crippen LogP contribution in [0.5, 0.6) is 5.75 Å². The molecule has 0 atom stereocenters. The summed E-state index contributed by atoms with van der Waals surface area (Å²) in [4.78, 5) is 35.3. The largest absolute Gasteiger partial charge is 0.427 e. The smallest absolute Gasteiger partial charge is 0.349 e. The van der Waals surface area contributed by atoms with Gasteiger partial charge >= 0.3 is 11.6 Å². The molecule has 6 heteroatoms. The zero-order valence-electron chi connectivity index (χ0n) is 13.4. The Hall–Kier alpha value is -3.41. The van der Waals surface area contributed by atoms with Crippen LogP contribution in [0.25, 0.3) is 11.0 Å². The molecule has 25 heavy (non-hydrogen) atoms. The second kappa shape index (κ2) is 7.00. The van der Waals surface area contributed by atoms with Crippen LogP contribution in [-0.2, 0) is 11.3 Å². The lowest BCUT2D eigenvalue weighted by Gasteiger charge is -2.06. The Morgan fingerprint density at radius 3 is 2.56 bits per heavy atom. The fraction of sp³-hybridized carbons (Fsp3) is 0.105. The Morgan fingerprint density at radius 2 is 1.84 bits per heavy atom. The van der Waals surface area contributed by atoms with Crippen molar-refractivity contribution in [1.29, 1.82) is 0 Å². The minimum absolute atomic E-state index is 0.0799. The third-order valence-corrected chi connectivity index (χ3v) is 3.51. The van der Waals surface area contributed by atoms with E-state index in [-0.39, 0.29) is 16.9 Å². The number of carbonyl (C=O) groups is 2. The molecule has 0 unspecified atom stereocenters. The van der Waals surface area contributed by atoms with Crippen LogP contribution in [0.3, 0.4) is 0 Å². The molecule has 0 aliphatic rings. The molecule has 3 rings (SSSR count). The van der Waals surface area contributed by atoms with Crippen molar-refractivity contribution in [2.45, 2.75) is 13.5 Å². The highest BCUT2D eigenvalue weighted by Gasteiger charge is 2.14. The first-order valence-corrected chi connectivity index (χ1v) is 7.61. The van der Waals surface area contributed by atoms with Gasteiger partial charge in [-0.25, -0.2) is 4.79 Å². The fourth-order valence-corrected chi connectivity index (χ4v) is 2.35. The number of benzene rings is 2. The van der Waals surface area contributed by atoms with E-state index in [0.717, 1.165) is 5.56 Å². The van der Waals surface area contributed by atoms with Crippen LogP contribution in [-0.4, -0.2) is 11.9 Å². The molecule has 3 aromatic rings. The summed E-state index contributed by atoms with van der Waals surface area (Å²) in [5.41, 5.74) is 0.331. The van der Waals surface area contributed by atoms with E-state index in [1.54, 1.807) is 12.1 Å². The molecular formula is C19H15NO5. The van der Waals surface area contributed by atoms with Crippen molar-refractivity contribution < 1.29 is 18.7 Å². The fourth-order valence-electron chi connectivity index (χ4n) is 2.35. The maximum absolute atomic E-state index is 12.3. The predicted octanol–water partition coefficient (Wildman–Crippen LogP) is 2.65. The van der Waals surface area contributed by atoms with Crippen molar-refractivity contribution in [1.82, 2.24) is 5.32 Å². The third kappa shape index (κ3) is 3.92. The van der Waals surface area contributed by atoms with Crippen LogP contribution in [0.15, 0.2) is 63.8 Å². The van der Waals surface area contributed by atoms with Gasteiger partial charge < -0.3 is 14.5 Å². The molecule has 0 radical (unpaired) electrons. The molecule has 0 aliphatic heterocycles. The number of carbonyl (C=O) groups excluding carboxylic acids is 2. The van der Waals surface area contributed by atoms with Crippen LogP contribution in [0.4, 0.5) is 0 Å². The number of hydrogen-bond acceptors (Lipinski definition) is 5. The highest BCUT2D eigenvalue weighted by Crippen LogP contribution is 2.20. The van der Waals surface area contributed by atoms with Gasteiger partial charge in [0.05, 0.1) is 0 Å². The summed E-state index contributed by atoms with van der Waals surface area (Å²) >= 11 is 0. The molecule has 2 aromatic carbocycles. The Balaban J connectivity index is 1.84. The topological polar surface area (TPSA) is 85.6 Å². The average molecular weight is 337 g/mol. The van der Waals surface area contributed by atoms with Gasteiger partial charge in [-0.3, -0.25) is 9.59 Å². The molecule has 1 N–H and O–H groups in total. The summed E-state index contributed by atoms with van der Waals surface area (Å²) in [5, 5.41) is 3.25. The van der Waals surface area contributed by atoms with Crippen molar-refractivity contribution in [2.24, 2.45) is 0 Å². The lowest BCUT2D eigenvalue weighted by molar-refractivity contribution is -0.131. The quantitative estimate of drug-likeness (QED) is 0.449. The van der Waals surface area contributed by atoms with E-state index in [0.29, 0.717) is 11.9 Å². The normalized spacial score (nSPS) is 10.4. The second-order valence-corrected chi connectivity index (χ2v) is 5.41. The van der Waals surface area contributed by atoms with Gasteiger partial charge in [0.25, 0.3) is 5.91 Å². The molecule has 6 nitrogen and oxygen atoms in total. The van der Waals surface area contributed by atoms with Crippen LogP contribution in [0, 0.1) is 0 Å². The molecule has 0 saturated carbocycles. The third-order valence-electron chi connectivity index (χ3n) is 3.51. The Kier molecular flexibility index (Phi) is 4.61. The predicted molar refractivity (Wildman–Crippen MR) is 91.4 cm³/mol. The van der Waals surface area contributed by atoms with Gasteiger partial charge in [0.2, 0.25) is 0 Å². The minimum Gasteiger partial charge on any atom is -0.427 e. The van der Waals surface area contributed by atoms with Gasteiger partial charge in [-0.15, -0.1) is 0 Å². The van der Waals surface area contributed by atoms with Crippen molar-refractivity contribution in [3.05, 3.63) is 76.1 Å². The van der Waals surface area contributed by atoms with E-state index >= 15 is 0 Å². The van der Waals surface area contributed by atoms with Crippen LogP contribution in [0.1, 0.15) is 22.8 Å². The molecule has 1 aromatic heterocycles. The molecule has 126 valence electrons. The van der Waals surface area contributed by atoms with Crippen LogP contribution >= 0.6 is 0 Å². The zero-order chi connectivity index (χ0) is 17.8. The zero-order valence-corrected chi connectivity index (χ0v) is 13.4. The summed E-state index contributed by atoms with van der Waals surface area (Å²) in [6, 6.07) is 15.4. The first-order chi connectivity index (χ1) is 12.0. The number of esters is 1. The molecule has 0 saturated heterocycles. The van der Waals surface area contributed by atoms with E-state index < -0.39 is 17.5 Å². The monoisotopic (exact) mass is 337 g/mol. The molecular weight excluding hydrogens is 322 g/mol. The summed E-state index contributed by atoms with van der Waals surface area (Å²) in [7, 11) is 0. The Morgan fingerprint density at radius 1 is 1.08 bits per heavy atom. The molecule has 1 heterocycles. The summed E-state index contributed by atoms with van der Waals surface area (Å²) < 4.78 is 10.1. The van der Waals surface area contributed by atoms with Crippen molar-refractivity contribution >= 4 is 22.8 Å². The van der Waals surface area contributed by atoms with Gasteiger partial charge in [0.15, 0.2) is 0 Å². The molecule has 0 aliphatic carbocycles. The second-order valence-electron chi connectivity index (χ2n) is 5.41. The molecule has 1 amide bonds. The van der Waals surface area contributed by atoms with E-state index in [1.807, 2.05) is 30.3 Å². The van der Waals surface area contributed by atoms with Gasteiger partial charge in [0, 0.05) is 24.9 Å². The minimum atomic E-state index is -0.752. The summed E-state index contributed by atoms with van der Waals surface area (Å²) in [6.07, 6.45) is 0. The number of hydrogen-bond donors (Lipinski definition) is 1. The van der Waals surface area contributed by atoms with Crippen molar-refractivity contribution in [3.63, 3.8) is 0 Å². The van der Waals surface area contributed by atoms with E-state index in [1.165, 1.54) is 19.1 Å². The highest BCUT2D eigenvalue weighted by atomic mass is 16.5. The van der Waals surface area contributed by atoms with Crippen molar-refractivity contribution in [3.8, 4) is 5.75 Å². The molecule has 0 spiro atoms. The number of rotatable bonds is 4. The summed E-state index contributed by atoms with van der Waals surface area (Å²) in [5.74, 6) is -0.716. The number of nitrogens with one attached hydrogen (secondary N) is 1. The van der Waals surface area contributed by atoms with Crippen molar-refractivity contribution in [2.75, 3.05) is 0 Å². The summed E-state index contributed by atoms with van der Waals surface area (Å²) in [6.45, 7) is 1.59. The van der Waals surface area contributed by atoms with E-state index in [9.17, 15) is 14.4 Å². The average Bonchev–Trinajstić information content (AvgIpc) is 2.59. The first kappa shape index (κ1) is 16.4. The van der Waals surface area contributed by atoms with E-state index in [2.05, 4.69) is 5.32 Å². The lowest BCUT2D eigenvalue weighted by Crippen LogP contribution is -2.27. The van der Waals surface area contributed by atoms with Gasteiger partial charge in [-0.1, -0.05) is 30.3 Å². The Labute approximate surface area is 143 Å². The van der Waals surface area contributed by atoms with Crippen LogP contribution in [0.2, 0.25) is 0 Å². The maximum Gasteiger partial charge on any atom is 0.349 e. The highest BCUT2D eigenvalue weighted by molar-refractivity contribution is 5.96. The van der Waals surface area contributed by atoms with Gasteiger partial charge in [-0.05, 0) is 23.8 Å². The number of amides is 1. The Bertz CT molecular complexity index is 992. The standard InChI is InChI=1S/C19H15NO5/c1-12(21)24-15-8-7-14-9-16(19(23)25-17(14)10-15)18(22)20-11-13-5-3-2-4-6-13/h2-10H,11H2,1H3,(H,20,22). The first-order valence-electron chi connectivity index (χ1n) is 7.61. The van der Waals surface area contributed by atoms with Gasteiger partial charge in [0.1, 0.15) is 16.9 Å². The molecule has 0 fully saturated rings. The van der Waals surface area contributed by atoms with E-state index in [4.69, 9.17) is 9.15 Å². The van der Waals surface area contributed by atoms with Gasteiger partial charge in [-0.2, -0.15) is 0 Å². The SMILES string of the molecule is CC(=O)Oc1ccc2cc(C(=O)NCc3ccccc3)c(=O)oc2c1. The van der Waals surface area contributed by atoms with Crippen LogP contribution < -0.4 is 15.7 Å². The lowest BCUT2D eigenvalue weighted by atomic mass is 10.1. The molecule has 0 bridgehead atoms. The number of ether oxygens (including phenoxy) is 1. The maximum atomic E-state index is 12.3. The number of fused-ring (bicyclic) bond motifs is 1.